The van der Waals surface area contributed by atoms with E-state index in [1.807, 2.05) is 0 Å². The maximum atomic E-state index is 15.9. The summed E-state index contributed by atoms with van der Waals surface area (Å²) in [5, 5.41) is -2.76. The fourth-order valence-corrected chi connectivity index (χ4v) is 6.13. The van der Waals surface area contributed by atoms with Crippen LogP contribution in [0.1, 0.15) is 55.3 Å². The zero-order valence-electron chi connectivity index (χ0n) is 19.8. The minimum absolute atomic E-state index is 0.0564. The normalized spacial score (nSPS) is 15.4. The maximum absolute atomic E-state index is 15.9. The summed E-state index contributed by atoms with van der Waals surface area (Å²) in [7, 11) is 0. The second-order valence-corrected chi connectivity index (χ2v) is 9.33. The molecule has 6 nitrogen and oxygen atoms in total. The van der Waals surface area contributed by atoms with Gasteiger partial charge in [-0.05, 0) is 38.1 Å². The fraction of sp³-hybridized carbons (Fsp3) is 0.143. The first-order valence-corrected chi connectivity index (χ1v) is 11.8. The third-order valence-electron chi connectivity index (χ3n) is 7.65. The van der Waals surface area contributed by atoms with Crippen molar-refractivity contribution in [3.8, 4) is 0 Å². The van der Waals surface area contributed by atoms with Gasteiger partial charge in [0.2, 0.25) is 0 Å². The van der Waals surface area contributed by atoms with Crippen molar-refractivity contribution in [2.24, 2.45) is 0 Å². The van der Waals surface area contributed by atoms with Gasteiger partial charge >= 0.3 is 0 Å². The molecule has 2 aliphatic rings. The SMILES string of the molecule is CCN1C(=O)c2cc(F)c3c4c(F)cc5c6c(cc(F)c(c7c(F)cc(c2c37)C1=O)c64)C(=O)N(CC)C5=O. The van der Waals surface area contributed by atoms with Gasteiger partial charge in [-0.2, -0.15) is 0 Å². The summed E-state index contributed by atoms with van der Waals surface area (Å²) < 4.78 is 63.4. The van der Waals surface area contributed by atoms with Crippen LogP contribution in [-0.4, -0.2) is 46.5 Å². The summed E-state index contributed by atoms with van der Waals surface area (Å²) in [6.07, 6.45) is 0. The van der Waals surface area contributed by atoms with Crippen LogP contribution < -0.4 is 0 Å². The van der Waals surface area contributed by atoms with Crippen molar-refractivity contribution in [1.82, 2.24) is 9.80 Å². The number of imide groups is 2. The van der Waals surface area contributed by atoms with Crippen LogP contribution in [0.3, 0.4) is 0 Å². The van der Waals surface area contributed by atoms with E-state index in [1.165, 1.54) is 13.8 Å². The number of nitrogens with zero attached hydrogens (tertiary/aromatic N) is 2. The van der Waals surface area contributed by atoms with Crippen LogP contribution >= 0.6 is 0 Å². The number of hydrogen-bond acceptors (Lipinski definition) is 4. The van der Waals surface area contributed by atoms with Gasteiger partial charge in [-0.25, -0.2) is 17.6 Å². The Labute approximate surface area is 210 Å². The zero-order chi connectivity index (χ0) is 26.9. The van der Waals surface area contributed by atoms with Gasteiger partial charge in [-0.15, -0.1) is 0 Å². The van der Waals surface area contributed by atoms with Crippen LogP contribution in [0.2, 0.25) is 0 Å². The van der Waals surface area contributed by atoms with Crippen LogP contribution in [0.25, 0.3) is 43.1 Å². The Hall–Kier alpha value is -4.60. The molecule has 0 spiro atoms. The van der Waals surface area contributed by atoms with E-state index in [2.05, 4.69) is 0 Å². The second kappa shape index (κ2) is 7.03. The predicted octanol–water partition coefficient (Wildman–Crippen LogP) is 5.53. The largest absolute Gasteiger partial charge is 0.275 e. The minimum Gasteiger partial charge on any atom is -0.275 e. The number of hydrogen-bond donors (Lipinski definition) is 0. The van der Waals surface area contributed by atoms with Crippen molar-refractivity contribution in [3.63, 3.8) is 0 Å². The molecule has 0 saturated heterocycles. The van der Waals surface area contributed by atoms with E-state index >= 15 is 17.6 Å². The summed E-state index contributed by atoms with van der Waals surface area (Å²) in [5.41, 5.74) is -0.953. The smallest absolute Gasteiger partial charge is 0.261 e. The van der Waals surface area contributed by atoms with Crippen molar-refractivity contribution in [2.45, 2.75) is 13.8 Å². The highest BCUT2D eigenvalue weighted by molar-refractivity contribution is 6.41. The molecule has 188 valence electrons. The molecule has 5 aromatic rings. The van der Waals surface area contributed by atoms with Gasteiger partial charge in [0.25, 0.3) is 23.6 Å². The van der Waals surface area contributed by atoms with E-state index in [0.717, 1.165) is 34.1 Å². The lowest BCUT2D eigenvalue weighted by molar-refractivity contribution is 0.0603. The van der Waals surface area contributed by atoms with Crippen LogP contribution in [0, 0.1) is 23.3 Å². The molecule has 0 aliphatic carbocycles. The summed E-state index contributed by atoms with van der Waals surface area (Å²) in [6.45, 7) is 2.94. The lowest BCUT2D eigenvalue weighted by Crippen LogP contribution is -2.40. The molecular weight excluding hydrogens is 504 g/mol. The van der Waals surface area contributed by atoms with Crippen molar-refractivity contribution < 1.29 is 36.7 Å². The van der Waals surface area contributed by atoms with Crippen molar-refractivity contribution in [2.75, 3.05) is 13.1 Å². The first-order valence-electron chi connectivity index (χ1n) is 11.8. The number of benzene rings is 5. The highest BCUT2D eigenvalue weighted by Gasteiger charge is 2.39. The van der Waals surface area contributed by atoms with E-state index in [9.17, 15) is 19.2 Å². The van der Waals surface area contributed by atoms with Gasteiger partial charge in [0.1, 0.15) is 23.3 Å². The highest BCUT2D eigenvalue weighted by Crippen LogP contribution is 2.49. The zero-order valence-corrected chi connectivity index (χ0v) is 19.8. The first kappa shape index (κ1) is 22.6. The monoisotopic (exact) mass is 518 g/mol. The van der Waals surface area contributed by atoms with E-state index in [4.69, 9.17) is 0 Å². The molecule has 0 radical (unpaired) electrons. The summed E-state index contributed by atoms with van der Waals surface area (Å²) in [4.78, 5) is 53.9. The molecule has 0 bridgehead atoms. The van der Waals surface area contributed by atoms with Crippen molar-refractivity contribution in [3.05, 3.63) is 69.8 Å². The van der Waals surface area contributed by atoms with Gasteiger partial charge in [0, 0.05) is 56.2 Å². The molecule has 0 atom stereocenters. The Kier molecular flexibility index (Phi) is 4.18. The predicted molar refractivity (Wildman–Crippen MR) is 130 cm³/mol. The molecule has 0 unspecified atom stereocenters. The fourth-order valence-electron chi connectivity index (χ4n) is 6.13. The average Bonchev–Trinajstić information content (AvgIpc) is 2.88. The van der Waals surface area contributed by atoms with Gasteiger partial charge in [0.15, 0.2) is 0 Å². The topological polar surface area (TPSA) is 74.8 Å². The third-order valence-corrected chi connectivity index (χ3v) is 7.65. The Balaban J connectivity index is 1.83. The van der Waals surface area contributed by atoms with Gasteiger partial charge < -0.3 is 0 Å². The Morgan fingerprint density at radius 2 is 0.684 bits per heavy atom. The molecule has 0 aromatic heterocycles. The van der Waals surface area contributed by atoms with E-state index in [1.54, 1.807) is 0 Å². The second-order valence-electron chi connectivity index (χ2n) is 9.33. The number of fused-ring (bicyclic) bond motifs is 2. The average molecular weight is 518 g/mol. The number of amides is 4. The van der Waals surface area contributed by atoms with Gasteiger partial charge in [-0.3, -0.25) is 29.0 Å². The number of halogens is 4. The van der Waals surface area contributed by atoms with Crippen molar-refractivity contribution >= 4 is 66.7 Å². The summed E-state index contributed by atoms with van der Waals surface area (Å²) >= 11 is 0. The molecule has 0 N–H and O–H groups in total. The molecule has 38 heavy (non-hydrogen) atoms. The van der Waals surface area contributed by atoms with Crippen LogP contribution in [0.15, 0.2) is 24.3 Å². The number of rotatable bonds is 2. The van der Waals surface area contributed by atoms with Crippen LogP contribution in [-0.2, 0) is 0 Å². The third kappa shape index (κ3) is 2.34. The summed E-state index contributed by atoms with van der Waals surface area (Å²) in [6, 6.07) is 3.41. The van der Waals surface area contributed by atoms with Crippen LogP contribution in [0.4, 0.5) is 17.6 Å². The number of carbonyl (C=O) groups excluding carboxylic acids is 4. The lowest BCUT2D eigenvalue weighted by atomic mass is 9.81. The lowest BCUT2D eigenvalue weighted by Gasteiger charge is -2.30. The van der Waals surface area contributed by atoms with Gasteiger partial charge in [-0.1, -0.05) is 0 Å². The molecule has 0 saturated carbocycles. The molecule has 10 heteroatoms. The molecule has 7 rings (SSSR count). The molecule has 4 amide bonds. The molecular formula is C28H14F4N2O4. The molecule has 2 heterocycles. The Morgan fingerprint density at radius 1 is 0.447 bits per heavy atom. The number of carbonyl (C=O) groups is 4. The molecule has 0 fully saturated rings. The van der Waals surface area contributed by atoms with Crippen LogP contribution in [0.5, 0.6) is 0 Å². The van der Waals surface area contributed by atoms with Gasteiger partial charge in [0.05, 0.1) is 22.3 Å². The molecule has 2 aliphatic heterocycles. The quantitative estimate of drug-likeness (QED) is 0.133. The van der Waals surface area contributed by atoms with E-state index in [0.29, 0.717) is 0 Å². The summed E-state index contributed by atoms with van der Waals surface area (Å²) in [5.74, 6) is -7.67. The molecule has 5 aromatic carbocycles. The van der Waals surface area contributed by atoms with Crippen molar-refractivity contribution in [1.29, 1.82) is 0 Å². The van der Waals surface area contributed by atoms with E-state index in [-0.39, 0.29) is 56.9 Å². The maximum Gasteiger partial charge on any atom is 0.261 e. The highest BCUT2D eigenvalue weighted by atomic mass is 19.1. The first-order chi connectivity index (χ1) is 18.1. The minimum atomic E-state index is -1.10. The Morgan fingerprint density at radius 3 is 0.895 bits per heavy atom. The standard InChI is InChI=1S/C28H14F4N2O4/c1-3-33-25(35)9-5-13(29)19-21-15(31)7-11-18-12(28(38)34(4-2)27(11)37)8-16(32)22(24(18)21)20-14(30)6-10(26(33)36)17(9)23(19)20/h5-8H,3-4H2,1-2H3. The Bertz CT molecular complexity index is 1760. The van der Waals surface area contributed by atoms with E-state index < -0.39 is 68.4 Å².